The van der Waals surface area contributed by atoms with Crippen molar-refractivity contribution in [2.24, 2.45) is 5.92 Å². The van der Waals surface area contributed by atoms with Gasteiger partial charge in [-0.25, -0.2) is 0 Å². The van der Waals surface area contributed by atoms with Crippen LogP contribution in [0.2, 0.25) is 0 Å². The van der Waals surface area contributed by atoms with E-state index in [1.807, 2.05) is 24.3 Å². The van der Waals surface area contributed by atoms with Crippen LogP contribution in [0.5, 0.6) is 0 Å². The Labute approximate surface area is 120 Å². The second-order valence-electron chi connectivity index (χ2n) is 5.77. The Morgan fingerprint density at radius 1 is 1.11 bits per heavy atom. The zero-order valence-electron chi connectivity index (χ0n) is 11.2. The molecule has 0 bridgehead atoms. The van der Waals surface area contributed by atoms with Gasteiger partial charge < -0.3 is 4.90 Å². The molecule has 2 atom stereocenters. The molecule has 102 valence electrons. The highest BCUT2D eigenvalue weighted by Crippen LogP contribution is 2.36. The molecule has 1 aliphatic carbocycles. The Hall–Kier alpha value is -0.960. The summed E-state index contributed by atoms with van der Waals surface area (Å²) in [7, 11) is 0. The number of amides is 1. The molecule has 1 aromatic rings. The molecule has 1 amide bonds. The molecule has 1 aliphatic heterocycles. The van der Waals surface area contributed by atoms with E-state index >= 15 is 0 Å². The Balaban J connectivity index is 1.84. The van der Waals surface area contributed by atoms with Crippen LogP contribution in [-0.2, 0) is 0 Å². The fourth-order valence-corrected chi connectivity index (χ4v) is 3.94. The number of thiol groups is 1. The third-order valence-corrected chi connectivity index (χ3v) is 5.03. The predicted molar refractivity (Wildman–Crippen MR) is 79.7 cm³/mol. The number of hydrogen-bond donors (Lipinski definition) is 1. The third kappa shape index (κ3) is 2.53. The molecule has 0 N–H and O–H groups in total. The topological polar surface area (TPSA) is 20.3 Å². The highest BCUT2D eigenvalue weighted by Gasteiger charge is 2.36. The summed E-state index contributed by atoms with van der Waals surface area (Å²) in [6, 6.07) is 8.13. The van der Waals surface area contributed by atoms with E-state index in [0.717, 1.165) is 29.3 Å². The summed E-state index contributed by atoms with van der Waals surface area (Å²) in [5.41, 5.74) is 0.761. The van der Waals surface area contributed by atoms with Crippen molar-refractivity contribution in [1.29, 1.82) is 0 Å². The Morgan fingerprint density at radius 3 is 2.68 bits per heavy atom. The van der Waals surface area contributed by atoms with Gasteiger partial charge in [0.05, 0.1) is 5.56 Å². The van der Waals surface area contributed by atoms with Crippen LogP contribution in [0.25, 0.3) is 0 Å². The number of hydrogen-bond acceptors (Lipinski definition) is 2. The van der Waals surface area contributed by atoms with E-state index in [2.05, 4.69) is 17.5 Å². The molecular weight excluding hydrogens is 254 g/mol. The lowest BCUT2D eigenvalue weighted by atomic mass is 9.78. The Bertz CT molecular complexity index is 472. The van der Waals surface area contributed by atoms with Crippen LogP contribution in [-0.4, -0.2) is 23.4 Å². The standard InChI is InChI=1S/C16H21NOS/c18-16(13-8-2-4-10-15(13)19)17-11-5-7-12-6-1-3-9-14(12)17/h2,4,8,10,12,14,19H,1,3,5-7,9,11H2/t12-,14-/m1/s1. The van der Waals surface area contributed by atoms with E-state index in [4.69, 9.17) is 0 Å². The summed E-state index contributed by atoms with van der Waals surface area (Å²) in [4.78, 5) is 15.7. The average Bonchev–Trinajstić information content (AvgIpc) is 2.46. The molecule has 3 rings (SSSR count). The highest BCUT2D eigenvalue weighted by atomic mass is 32.1. The Morgan fingerprint density at radius 2 is 1.84 bits per heavy atom. The van der Waals surface area contributed by atoms with Crippen molar-refractivity contribution < 1.29 is 4.79 Å². The number of nitrogens with zero attached hydrogens (tertiary/aromatic N) is 1. The number of likely N-dealkylation sites (tertiary alicyclic amines) is 1. The van der Waals surface area contributed by atoms with Crippen molar-refractivity contribution in [2.45, 2.75) is 49.5 Å². The lowest BCUT2D eigenvalue weighted by molar-refractivity contribution is 0.0387. The maximum absolute atomic E-state index is 12.8. The van der Waals surface area contributed by atoms with Gasteiger partial charge in [-0.15, -0.1) is 12.6 Å². The van der Waals surface area contributed by atoms with E-state index in [0.29, 0.717) is 6.04 Å². The number of carbonyl (C=O) groups is 1. The van der Waals surface area contributed by atoms with Crippen LogP contribution in [0.3, 0.4) is 0 Å². The minimum Gasteiger partial charge on any atom is -0.335 e. The molecule has 3 heteroatoms. The zero-order chi connectivity index (χ0) is 13.2. The van der Waals surface area contributed by atoms with Crippen molar-refractivity contribution in [1.82, 2.24) is 4.90 Å². The van der Waals surface area contributed by atoms with Crippen LogP contribution in [0.1, 0.15) is 48.9 Å². The second-order valence-corrected chi connectivity index (χ2v) is 6.25. The van der Waals surface area contributed by atoms with Crippen molar-refractivity contribution >= 4 is 18.5 Å². The molecule has 0 unspecified atom stereocenters. The molecule has 2 nitrogen and oxygen atoms in total. The largest absolute Gasteiger partial charge is 0.335 e. The normalized spacial score (nSPS) is 26.9. The minimum atomic E-state index is 0.183. The predicted octanol–water partition coefficient (Wildman–Crippen LogP) is 3.77. The van der Waals surface area contributed by atoms with Gasteiger partial charge in [-0.2, -0.15) is 0 Å². The van der Waals surface area contributed by atoms with Crippen molar-refractivity contribution in [3.63, 3.8) is 0 Å². The number of benzene rings is 1. The molecule has 2 aliphatic rings. The third-order valence-electron chi connectivity index (χ3n) is 4.64. The molecular formula is C16H21NOS. The van der Waals surface area contributed by atoms with Crippen LogP contribution >= 0.6 is 12.6 Å². The summed E-state index contributed by atoms with van der Waals surface area (Å²) < 4.78 is 0. The van der Waals surface area contributed by atoms with Crippen molar-refractivity contribution in [2.75, 3.05) is 6.54 Å². The van der Waals surface area contributed by atoms with E-state index < -0.39 is 0 Å². The molecule has 0 radical (unpaired) electrons. The summed E-state index contributed by atoms with van der Waals surface area (Å²) in [6.07, 6.45) is 7.56. The lowest BCUT2D eigenvalue weighted by Gasteiger charge is -2.44. The van der Waals surface area contributed by atoms with Gasteiger partial charge in [0.25, 0.3) is 5.91 Å². The van der Waals surface area contributed by atoms with Crippen LogP contribution in [0.4, 0.5) is 0 Å². The van der Waals surface area contributed by atoms with E-state index in [1.165, 1.54) is 32.1 Å². The first-order valence-electron chi connectivity index (χ1n) is 7.36. The summed E-state index contributed by atoms with van der Waals surface area (Å²) >= 11 is 4.43. The minimum absolute atomic E-state index is 0.183. The maximum Gasteiger partial charge on any atom is 0.255 e. The zero-order valence-corrected chi connectivity index (χ0v) is 12.1. The van der Waals surface area contributed by atoms with Gasteiger partial charge in [0.2, 0.25) is 0 Å². The van der Waals surface area contributed by atoms with Gasteiger partial charge in [-0.05, 0) is 43.7 Å². The molecule has 0 aromatic heterocycles. The molecule has 1 saturated carbocycles. The molecule has 1 heterocycles. The fourth-order valence-electron chi connectivity index (χ4n) is 3.69. The molecule has 2 fully saturated rings. The van der Waals surface area contributed by atoms with Gasteiger partial charge in [-0.3, -0.25) is 4.79 Å². The monoisotopic (exact) mass is 275 g/mol. The van der Waals surface area contributed by atoms with Crippen molar-refractivity contribution in [3.05, 3.63) is 29.8 Å². The smallest absolute Gasteiger partial charge is 0.255 e. The molecule has 0 spiro atoms. The number of fused-ring (bicyclic) bond motifs is 1. The van der Waals surface area contributed by atoms with Gasteiger partial charge in [-0.1, -0.05) is 25.0 Å². The maximum atomic E-state index is 12.8. The number of piperidine rings is 1. The summed E-state index contributed by atoms with van der Waals surface area (Å²) in [6.45, 7) is 0.919. The van der Waals surface area contributed by atoms with E-state index in [-0.39, 0.29) is 5.91 Å². The van der Waals surface area contributed by atoms with Gasteiger partial charge >= 0.3 is 0 Å². The average molecular weight is 275 g/mol. The molecule has 1 aromatic carbocycles. The summed E-state index contributed by atoms with van der Waals surface area (Å²) in [5, 5.41) is 0. The van der Waals surface area contributed by atoms with Gasteiger partial charge in [0, 0.05) is 17.5 Å². The quantitative estimate of drug-likeness (QED) is 0.774. The number of carbonyl (C=O) groups excluding carboxylic acids is 1. The first-order valence-corrected chi connectivity index (χ1v) is 7.81. The second kappa shape index (κ2) is 5.58. The molecule has 19 heavy (non-hydrogen) atoms. The van der Waals surface area contributed by atoms with E-state index in [9.17, 15) is 4.79 Å². The van der Waals surface area contributed by atoms with Crippen molar-refractivity contribution in [3.8, 4) is 0 Å². The van der Waals surface area contributed by atoms with Crippen LogP contribution in [0.15, 0.2) is 29.2 Å². The summed E-state index contributed by atoms with van der Waals surface area (Å²) in [5.74, 6) is 0.917. The highest BCUT2D eigenvalue weighted by molar-refractivity contribution is 7.80. The van der Waals surface area contributed by atoms with Crippen LogP contribution in [0, 0.1) is 5.92 Å². The van der Waals surface area contributed by atoms with Gasteiger partial charge in [0.1, 0.15) is 0 Å². The lowest BCUT2D eigenvalue weighted by Crippen LogP contribution is -2.49. The molecule has 1 saturated heterocycles. The first-order chi connectivity index (χ1) is 9.27. The first kappa shape index (κ1) is 13.0. The van der Waals surface area contributed by atoms with Crippen LogP contribution < -0.4 is 0 Å². The van der Waals surface area contributed by atoms with E-state index in [1.54, 1.807) is 0 Å². The fraction of sp³-hybridized carbons (Fsp3) is 0.562. The Kier molecular flexibility index (Phi) is 3.83. The van der Waals surface area contributed by atoms with Gasteiger partial charge in [0.15, 0.2) is 0 Å². The number of rotatable bonds is 1. The SMILES string of the molecule is O=C(c1ccccc1S)N1CCC[C@H]2CCCC[C@H]21.